The molecule has 3 rings (SSSR count). The Morgan fingerprint density at radius 2 is 1.94 bits per heavy atom. The highest BCUT2D eigenvalue weighted by Crippen LogP contribution is 2.23. The first-order valence-corrected chi connectivity index (χ1v) is 5.87. The predicted molar refractivity (Wildman–Crippen MR) is 70.4 cm³/mol. The van der Waals surface area contributed by atoms with Gasteiger partial charge in [0.2, 0.25) is 0 Å². The number of nitrogens with one attached hydrogen (secondary N) is 1. The van der Waals surface area contributed by atoms with E-state index in [2.05, 4.69) is 28.2 Å². The van der Waals surface area contributed by atoms with Crippen LogP contribution in [0.2, 0.25) is 5.02 Å². The number of H-pyrrole nitrogens is 1. The number of hydrogen-bond acceptors (Lipinski definition) is 1. The molecular formula is C14H11ClN2. The largest absolute Gasteiger partial charge is 0.343 e. The van der Waals surface area contributed by atoms with Gasteiger partial charge in [-0.15, -0.1) is 0 Å². The van der Waals surface area contributed by atoms with E-state index in [1.54, 1.807) is 6.20 Å². The summed E-state index contributed by atoms with van der Waals surface area (Å²) in [6, 6.07) is 14.2. The van der Waals surface area contributed by atoms with Gasteiger partial charge in [-0.05, 0) is 17.7 Å². The summed E-state index contributed by atoms with van der Waals surface area (Å²) in [5.41, 5.74) is 3.26. The lowest BCUT2D eigenvalue weighted by Crippen LogP contribution is -1.86. The Labute approximate surface area is 104 Å². The molecule has 3 heteroatoms. The van der Waals surface area contributed by atoms with Crippen LogP contribution in [-0.2, 0) is 6.42 Å². The molecule has 0 unspecified atom stereocenters. The Hall–Kier alpha value is -1.80. The van der Waals surface area contributed by atoms with Gasteiger partial charge in [-0.1, -0.05) is 41.9 Å². The number of hydrogen-bond donors (Lipinski definition) is 1. The number of benzene rings is 1. The second kappa shape index (κ2) is 4.22. The Balaban J connectivity index is 1.99. The first kappa shape index (κ1) is 10.4. The summed E-state index contributed by atoms with van der Waals surface area (Å²) in [6.07, 6.45) is 2.58. The molecular weight excluding hydrogens is 232 g/mol. The van der Waals surface area contributed by atoms with Crippen molar-refractivity contribution >= 4 is 22.6 Å². The lowest BCUT2D eigenvalue weighted by Gasteiger charge is -1.97. The van der Waals surface area contributed by atoms with Crippen LogP contribution in [0.5, 0.6) is 0 Å². The zero-order valence-corrected chi connectivity index (χ0v) is 9.91. The van der Waals surface area contributed by atoms with E-state index in [9.17, 15) is 0 Å². The topological polar surface area (TPSA) is 28.7 Å². The van der Waals surface area contributed by atoms with Crippen molar-refractivity contribution in [1.82, 2.24) is 9.97 Å². The first-order valence-electron chi connectivity index (χ1n) is 5.49. The van der Waals surface area contributed by atoms with Crippen LogP contribution in [0.4, 0.5) is 0 Å². The standard InChI is InChI=1S/C14H11ClN2/c15-13-6-7-16-14-12(13)9-11(17-14)8-10-4-2-1-3-5-10/h1-7,9H,8H2,(H,16,17). The molecule has 2 aromatic heterocycles. The van der Waals surface area contributed by atoms with Crippen molar-refractivity contribution in [1.29, 1.82) is 0 Å². The van der Waals surface area contributed by atoms with Gasteiger partial charge in [0.05, 0.1) is 5.02 Å². The second-order valence-electron chi connectivity index (χ2n) is 4.01. The summed E-state index contributed by atoms with van der Waals surface area (Å²) in [6.45, 7) is 0. The van der Waals surface area contributed by atoms with E-state index >= 15 is 0 Å². The molecule has 0 atom stereocenters. The molecule has 17 heavy (non-hydrogen) atoms. The molecule has 0 aliphatic carbocycles. The third kappa shape index (κ3) is 2.04. The Kier molecular flexibility index (Phi) is 2.57. The maximum Gasteiger partial charge on any atom is 0.138 e. The van der Waals surface area contributed by atoms with Crippen molar-refractivity contribution in [2.75, 3.05) is 0 Å². The number of aromatic amines is 1. The highest BCUT2D eigenvalue weighted by Gasteiger charge is 2.05. The third-order valence-corrected chi connectivity index (χ3v) is 3.10. The molecule has 3 aromatic rings. The molecule has 0 saturated heterocycles. The summed E-state index contributed by atoms with van der Waals surface area (Å²) in [5.74, 6) is 0. The van der Waals surface area contributed by atoms with E-state index in [1.807, 2.05) is 24.3 Å². The lowest BCUT2D eigenvalue weighted by molar-refractivity contribution is 1.11. The molecule has 0 aliphatic rings. The molecule has 0 saturated carbocycles. The molecule has 0 amide bonds. The Bertz CT molecular complexity index is 644. The summed E-state index contributed by atoms with van der Waals surface area (Å²) >= 11 is 6.11. The van der Waals surface area contributed by atoms with Crippen molar-refractivity contribution < 1.29 is 0 Å². The van der Waals surface area contributed by atoms with Gasteiger partial charge >= 0.3 is 0 Å². The molecule has 0 aliphatic heterocycles. The van der Waals surface area contributed by atoms with Crippen molar-refractivity contribution in [3.63, 3.8) is 0 Å². The highest BCUT2D eigenvalue weighted by atomic mass is 35.5. The summed E-state index contributed by atoms with van der Waals surface area (Å²) < 4.78 is 0. The molecule has 2 heterocycles. The van der Waals surface area contributed by atoms with Gasteiger partial charge in [-0.2, -0.15) is 0 Å². The van der Waals surface area contributed by atoms with Gasteiger partial charge < -0.3 is 4.98 Å². The van der Waals surface area contributed by atoms with E-state index < -0.39 is 0 Å². The molecule has 0 bridgehead atoms. The minimum Gasteiger partial charge on any atom is -0.343 e. The number of pyridine rings is 1. The van der Waals surface area contributed by atoms with Crippen LogP contribution in [0.25, 0.3) is 11.0 Å². The van der Waals surface area contributed by atoms with Crippen LogP contribution in [0.15, 0.2) is 48.7 Å². The van der Waals surface area contributed by atoms with E-state index in [-0.39, 0.29) is 0 Å². The molecule has 84 valence electrons. The van der Waals surface area contributed by atoms with E-state index in [4.69, 9.17) is 11.6 Å². The predicted octanol–water partition coefficient (Wildman–Crippen LogP) is 3.81. The number of halogens is 1. The quantitative estimate of drug-likeness (QED) is 0.727. The molecule has 0 fully saturated rings. The Morgan fingerprint density at radius 3 is 2.71 bits per heavy atom. The van der Waals surface area contributed by atoms with Crippen molar-refractivity contribution in [2.24, 2.45) is 0 Å². The smallest absolute Gasteiger partial charge is 0.138 e. The molecule has 1 N–H and O–H groups in total. The summed E-state index contributed by atoms with van der Waals surface area (Å²) in [7, 11) is 0. The van der Waals surface area contributed by atoms with E-state index in [0.717, 1.165) is 28.2 Å². The van der Waals surface area contributed by atoms with E-state index in [1.165, 1.54) is 5.56 Å². The van der Waals surface area contributed by atoms with Crippen LogP contribution < -0.4 is 0 Å². The van der Waals surface area contributed by atoms with Crippen LogP contribution in [-0.4, -0.2) is 9.97 Å². The van der Waals surface area contributed by atoms with Crippen LogP contribution in [0, 0.1) is 0 Å². The number of aromatic nitrogens is 2. The number of rotatable bonds is 2. The molecule has 0 radical (unpaired) electrons. The minimum atomic E-state index is 0.741. The zero-order chi connectivity index (χ0) is 11.7. The van der Waals surface area contributed by atoms with Gasteiger partial charge in [0.1, 0.15) is 5.65 Å². The first-order chi connectivity index (χ1) is 8.33. The van der Waals surface area contributed by atoms with Gasteiger partial charge in [0.15, 0.2) is 0 Å². The van der Waals surface area contributed by atoms with Crippen molar-refractivity contribution in [2.45, 2.75) is 6.42 Å². The zero-order valence-electron chi connectivity index (χ0n) is 9.15. The maximum atomic E-state index is 6.11. The third-order valence-electron chi connectivity index (χ3n) is 2.77. The fourth-order valence-corrected chi connectivity index (χ4v) is 2.16. The van der Waals surface area contributed by atoms with Gasteiger partial charge in [-0.3, -0.25) is 0 Å². The number of nitrogens with zero attached hydrogens (tertiary/aromatic N) is 1. The van der Waals surface area contributed by atoms with Crippen molar-refractivity contribution in [3.05, 3.63) is 64.9 Å². The van der Waals surface area contributed by atoms with Crippen LogP contribution in [0.3, 0.4) is 0 Å². The number of fused-ring (bicyclic) bond motifs is 1. The minimum absolute atomic E-state index is 0.741. The molecule has 0 spiro atoms. The van der Waals surface area contributed by atoms with Gasteiger partial charge in [0, 0.05) is 23.7 Å². The van der Waals surface area contributed by atoms with Gasteiger partial charge in [0.25, 0.3) is 0 Å². The fourth-order valence-electron chi connectivity index (χ4n) is 1.96. The van der Waals surface area contributed by atoms with E-state index in [0.29, 0.717) is 0 Å². The summed E-state index contributed by atoms with van der Waals surface area (Å²) in [4.78, 5) is 7.55. The molecule has 1 aromatic carbocycles. The normalized spacial score (nSPS) is 10.9. The summed E-state index contributed by atoms with van der Waals surface area (Å²) in [5, 5.41) is 1.73. The second-order valence-corrected chi connectivity index (χ2v) is 4.42. The SMILES string of the molecule is Clc1ccnc2[nH]c(Cc3ccccc3)cc12. The fraction of sp³-hybridized carbons (Fsp3) is 0.0714. The average Bonchev–Trinajstić information content (AvgIpc) is 2.74. The van der Waals surface area contributed by atoms with Crippen LogP contribution >= 0.6 is 11.6 Å². The average molecular weight is 243 g/mol. The Morgan fingerprint density at radius 1 is 1.12 bits per heavy atom. The molecule has 2 nitrogen and oxygen atoms in total. The monoisotopic (exact) mass is 242 g/mol. The van der Waals surface area contributed by atoms with Crippen molar-refractivity contribution in [3.8, 4) is 0 Å². The maximum absolute atomic E-state index is 6.11. The van der Waals surface area contributed by atoms with Gasteiger partial charge in [-0.25, -0.2) is 4.98 Å². The lowest BCUT2D eigenvalue weighted by atomic mass is 10.1. The highest BCUT2D eigenvalue weighted by molar-refractivity contribution is 6.35. The van der Waals surface area contributed by atoms with Crippen LogP contribution in [0.1, 0.15) is 11.3 Å².